The second-order valence-electron chi connectivity index (χ2n) is 11.9. The summed E-state index contributed by atoms with van der Waals surface area (Å²) in [5.74, 6) is 1.01. The summed E-state index contributed by atoms with van der Waals surface area (Å²) in [6.07, 6.45) is 0.738. The molecule has 5 nitrogen and oxygen atoms in total. The molecule has 0 spiro atoms. The normalized spacial score (nSPS) is 12.6. The van der Waals surface area contributed by atoms with Gasteiger partial charge in [-0.05, 0) is 43.1 Å². The molecule has 1 aromatic heterocycles. The van der Waals surface area contributed by atoms with E-state index in [4.69, 9.17) is 4.98 Å². The van der Waals surface area contributed by atoms with Gasteiger partial charge in [-0.2, -0.15) is 0 Å². The van der Waals surface area contributed by atoms with Crippen LogP contribution in [0.15, 0.2) is 91.0 Å². The third kappa shape index (κ3) is 7.24. The van der Waals surface area contributed by atoms with Gasteiger partial charge in [0.25, 0.3) is 5.91 Å². The van der Waals surface area contributed by atoms with Gasteiger partial charge in [-0.1, -0.05) is 107 Å². The summed E-state index contributed by atoms with van der Waals surface area (Å²) in [4.78, 5) is 27.3. The number of benzene rings is 3. The molecule has 4 rings (SSSR count). The lowest BCUT2D eigenvalue weighted by Gasteiger charge is -2.40. The molecule has 0 unspecified atom stereocenters. The van der Waals surface area contributed by atoms with Crippen LogP contribution in [0.1, 0.15) is 61.2 Å². The maximum absolute atomic E-state index is 14.2. The number of nitrogens with one attached hydrogen (secondary N) is 1. The summed E-state index contributed by atoms with van der Waals surface area (Å²) >= 11 is 0. The highest BCUT2D eigenvalue weighted by Gasteiger charge is 2.36. The molecular weight excluding hydrogens is 480 g/mol. The zero-order chi connectivity index (χ0) is 28.0. The number of carbonyl (C=O) groups is 1. The van der Waals surface area contributed by atoms with E-state index >= 15 is 0 Å². The number of carbonyl (C=O) groups excluding carboxylic acids is 1. The average molecular weight is 523 g/mol. The smallest absolute Gasteiger partial charge is 0.254 e. The Morgan fingerprint density at radius 2 is 1.41 bits per heavy atom. The number of H-pyrrole nitrogens is 1. The van der Waals surface area contributed by atoms with Crippen LogP contribution >= 0.6 is 0 Å². The van der Waals surface area contributed by atoms with Gasteiger partial charge in [0, 0.05) is 36.3 Å². The Morgan fingerprint density at radius 3 is 1.97 bits per heavy atom. The number of aromatic nitrogens is 2. The summed E-state index contributed by atoms with van der Waals surface area (Å²) in [5, 5.41) is 0. The number of amides is 1. The third-order valence-corrected chi connectivity index (χ3v) is 6.94. The van der Waals surface area contributed by atoms with Gasteiger partial charge in [0.2, 0.25) is 0 Å². The minimum Gasteiger partial charge on any atom is -0.343 e. The lowest BCUT2D eigenvalue weighted by molar-refractivity contribution is 0.0463. The van der Waals surface area contributed by atoms with E-state index in [0.29, 0.717) is 12.1 Å². The predicted octanol–water partition coefficient (Wildman–Crippen LogP) is 7.09. The fourth-order valence-corrected chi connectivity index (χ4v) is 5.57. The molecule has 39 heavy (non-hydrogen) atoms. The first-order valence-corrected chi connectivity index (χ1v) is 13.8. The average Bonchev–Trinajstić information content (AvgIpc) is 3.31. The zero-order valence-corrected chi connectivity index (χ0v) is 24.2. The second-order valence-corrected chi connectivity index (χ2v) is 11.9. The first kappa shape index (κ1) is 28.3. The molecular formula is C34H42N4O. The summed E-state index contributed by atoms with van der Waals surface area (Å²) in [5.41, 5.74) is 4.87. The van der Waals surface area contributed by atoms with Crippen molar-refractivity contribution in [2.24, 2.45) is 11.3 Å². The third-order valence-electron chi connectivity index (χ3n) is 6.94. The predicted molar refractivity (Wildman–Crippen MR) is 161 cm³/mol. The molecule has 204 valence electrons. The molecule has 1 heterocycles. The molecule has 0 aliphatic rings. The van der Waals surface area contributed by atoms with Crippen molar-refractivity contribution in [3.63, 3.8) is 0 Å². The maximum Gasteiger partial charge on any atom is 0.254 e. The zero-order valence-electron chi connectivity index (χ0n) is 24.2. The lowest BCUT2D eigenvalue weighted by Crippen LogP contribution is -2.46. The van der Waals surface area contributed by atoms with Gasteiger partial charge >= 0.3 is 0 Å². The van der Waals surface area contributed by atoms with Crippen molar-refractivity contribution in [2.75, 3.05) is 27.2 Å². The highest BCUT2D eigenvalue weighted by Crippen LogP contribution is 2.35. The van der Waals surface area contributed by atoms with E-state index in [2.05, 4.69) is 88.1 Å². The molecule has 0 saturated carbocycles. The van der Waals surface area contributed by atoms with Crippen molar-refractivity contribution in [3.8, 4) is 11.3 Å². The van der Waals surface area contributed by atoms with Crippen LogP contribution in [0.3, 0.4) is 0 Å². The van der Waals surface area contributed by atoms with Gasteiger partial charge < -0.3 is 14.8 Å². The van der Waals surface area contributed by atoms with Gasteiger partial charge in [-0.25, -0.2) is 4.98 Å². The molecule has 1 N–H and O–H groups in total. The van der Waals surface area contributed by atoms with E-state index < -0.39 is 0 Å². The highest BCUT2D eigenvalue weighted by molar-refractivity contribution is 5.94. The van der Waals surface area contributed by atoms with E-state index in [1.165, 1.54) is 5.56 Å². The van der Waals surface area contributed by atoms with Crippen molar-refractivity contribution >= 4 is 5.91 Å². The van der Waals surface area contributed by atoms with Gasteiger partial charge in [0.05, 0.1) is 11.7 Å². The van der Waals surface area contributed by atoms with Crippen molar-refractivity contribution in [1.82, 2.24) is 19.8 Å². The molecule has 0 aliphatic carbocycles. The first-order chi connectivity index (χ1) is 18.6. The Labute approximate surface area is 233 Å². The maximum atomic E-state index is 14.2. The van der Waals surface area contributed by atoms with E-state index in [9.17, 15) is 4.79 Å². The second kappa shape index (κ2) is 12.4. The van der Waals surface area contributed by atoms with Gasteiger partial charge in [0.1, 0.15) is 5.82 Å². The van der Waals surface area contributed by atoms with E-state index in [1.807, 2.05) is 59.5 Å². The molecule has 1 amide bonds. The number of hydrogen-bond acceptors (Lipinski definition) is 3. The molecule has 0 fully saturated rings. The van der Waals surface area contributed by atoms with Gasteiger partial charge in [-0.15, -0.1) is 0 Å². The SMILES string of the molecule is CC(C)[C@H](c1nc(-c2ccccc2)c(Cc2ccccc2)[nH]1)N(CC(C)(C)CN(C)C)C(=O)c1ccccc1. The Morgan fingerprint density at radius 1 is 0.846 bits per heavy atom. The van der Waals surface area contributed by atoms with Crippen LogP contribution in [0.4, 0.5) is 0 Å². The molecule has 4 aromatic rings. The van der Waals surface area contributed by atoms with Gasteiger partial charge in [-0.3, -0.25) is 4.79 Å². The van der Waals surface area contributed by atoms with Crippen molar-refractivity contribution in [2.45, 2.75) is 40.2 Å². The fourth-order valence-electron chi connectivity index (χ4n) is 5.57. The lowest BCUT2D eigenvalue weighted by atomic mass is 9.89. The summed E-state index contributed by atoms with van der Waals surface area (Å²) < 4.78 is 0. The molecule has 5 heteroatoms. The molecule has 0 bridgehead atoms. The van der Waals surface area contributed by atoms with Crippen molar-refractivity contribution in [3.05, 3.63) is 114 Å². The first-order valence-electron chi connectivity index (χ1n) is 13.8. The quantitative estimate of drug-likeness (QED) is 0.229. The Kier molecular flexibility index (Phi) is 9.03. The van der Waals surface area contributed by atoms with Crippen LogP contribution in [0, 0.1) is 11.3 Å². The topological polar surface area (TPSA) is 52.2 Å². The van der Waals surface area contributed by atoms with Crippen LogP contribution in [0.2, 0.25) is 0 Å². The number of imidazole rings is 1. The number of rotatable bonds is 11. The van der Waals surface area contributed by atoms with Crippen LogP contribution in [0.25, 0.3) is 11.3 Å². The number of aromatic amines is 1. The number of nitrogens with zero attached hydrogens (tertiary/aromatic N) is 3. The minimum atomic E-state index is -0.217. The van der Waals surface area contributed by atoms with Crippen LogP contribution < -0.4 is 0 Å². The standard InChI is InChI=1S/C34H42N4O/c1-25(2)31(38(24-34(3,4)23-37(5)6)33(39)28-20-14-9-15-21-28)32-35-29(22-26-16-10-7-11-17-26)30(36-32)27-18-12-8-13-19-27/h7-21,25,31H,22-24H2,1-6H3,(H,35,36)/t31-/m1/s1. The van der Waals surface area contributed by atoms with Crippen molar-refractivity contribution in [1.29, 1.82) is 0 Å². The van der Waals surface area contributed by atoms with Gasteiger partial charge in [0.15, 0.2) is 0 Å². The minimum absolute atomic E-state index is 0.0309. The molecule has 1 atom stereocenters. The summed E-state index contributed by atoms with van der Waals surface area (Å²) in [6.45, 7) is 10.3. The molecule has 0 radical (unpaired) electrons. The van der Waals surface area contributed by atoms with Crippen LogP contribution in [0.5, 0.6) is 0 Å². The Balaban J connectivity index is 1.82. The van der Waals surface area contributed by atoms with E-state index in [-0.39, 0.29) is 23.3 Å². The molecule has 3 aromatic carbocycles. The largest absolute Gasteiger partial charge is 0.343 e. The fraction of sp³-hybridized carbons (Fsp3) is 0.353. The monoisotopic (exact) mass is 522 g/mol. The van der Waals surface area contributed by atoms with E-state index in [1.54, 1.807) is 0 Å². The highest BCUT2D eigenvalue weighted by atomic mass is 16.2. The molecule has 0 aliphatic heterocycles. The summed E-state index contributed by atoms with van der Waals surface area (Å²) in [7, 11) is 4.17. The van der Waals surface area contributed by atoms with Crippen LogP contribution in [-0.4, -0.2) is 52.9 Å². The Hall–Kier alpha value is -3.70. The molecule has 0 saturated heterocycles. The van der Waals surface area contributed by atoms with E-state index in [0.717, 1.165) is 35.7 Å². The van der Waals surface area contributed by atoms with Crippen molar-refractivity contribution < 1.29 is 4.79 Å². The Bertz CT molecular complexity index is 1330. The summed E-state index contributed by atoms with van der Waals surface area (Å²) in [6, 6.07) is 30.2. The van der Waals surface area contributed by atoms with Crippen LogP contribution in [-0.2, 0) is 6.42 Å². The number of hydrogen-bond donors (Lipinski definition) is 1.